The average molecular weight is 298 g/mol. The third kappa shape index (κ3) is 3.16. The maximum Gasteiger partial charge on any atom is 0.347 e. The van der Waals surface area contributed by atoms with Crippen molar-refractivity contribution in [3.05, 3.63) is 29.8 Å². The minimum atomic E-state index is -3.31. The molecule has 0 unspecified atom stereocenters. The van der Waals surface area contributed by atoms with E-state index in [4.69, 9.17) is 9.47 Å². The summed E-state index contributed by atoms with van der Waals surface area (Å²) in [6.07, 6.45) is 0.238. The van der Waals surface area contributed by atoms with Gasteiger partial charge in [0.2, 0.25) is 6.10 Å². The topological polar surface area (TPSA) is 86.7 Å². The second-order valence-electron chi connectivity index (χ2n) is 4.67. The van der Waals surface area contributed by atoms with Crippen LogP contribution >= 0.6 is 0 Å². The Morgan fingerprint density at radius 3 is 2.35 bits per heavy atom. The number of rotatable bonds is 3. The molecule has 0 aliphatic carbocycles. The number of hydrogen-bond acceptors (Lipinski definition) is 6. The number of cyclic esters (lactones) is 1. The van der Waals surface area contributed by atoms with Crippen molar-refractivity contribution in [2.24, 2.45) is 0 Å². The number of carbonyl (C=O) groups excluding carboxylic acids is 2. The van der Waals surface area contributed by atoms with Gasteiger partial charge in [-0.15, -0.1) is 0 Å². The van der Waals surface area contributed by atoms with Gasteiger partial charge in [0, 0.05) is 12.7 Å². The Labute approximate surface area is 116 Å². The number of esters is 2. The Morgan fingerprint density at radius 1 is 1.30 bits per heavy atom. The van der Waals surface area contributed by atoms with Gasteiger partial charge in [-0.1, -0.05) is 0 Å². The molecule has 0 amide bonds. The van der Waals surface area contributed by atoms with Crippen LogP contribution < -0.4 is 0 Å². The van der Waals surface area contributed by atoms with Crippen molar-refractivity contribution in [1.29, 1.82) is 0 Å². The molecule has 1 heterocycles. The number of carbonyl (C=O) groups is 2. The van der Waals surface area contributed by atoms with Gasteiger partial charge in [-0.05, 0) is 31.2 Å². The maximum atomic E-state index is 11.8. The summed E-state index contributed by atoms with van der Waals surface area (Å²) in [5.41, 5.74) is 0.185. The zero-order valence-electron chi connectivity index (χ0n) is 11.0. The lowest BCUT2D eigenvalue weighted by Crippen LogP contribution is -2.22. The number of hydrogen-bond donors (Lipinski definition) is 0. The summed E-state index contributed by atoms with van der Waals surface area (Å²) < 4.78 is 32.5. The molecule has 1 aromatic rings. The summed E-state index contributed by atoms with van der Waals surface area (Å²) in [6, 6.07) is 5.34. The highest BCUT2D eigenvalue weighted by molar-refractivity contribution is 7.90. The quantitative estimate of drug-likeness (QED) is 0.772. The molecule has 0 spiro atoms. The molecule has 7 heteroatoms. The summed E-state index contributed by atoms with van der Waals surface area (Å²) in [5.74, 6) is -1.24. The van der Waals surface area contributed by atoms with Crippen LogP contribution in [-0.4, -0.2) is 38.8 Å². The van der Waals surface area contributed by atoms with Crippen LogP contribution in [0.3, 0.4) is 0 Å². The molecule has 0 aromatic heterocycles. The van der Waals surface area contributed by atoms with Gasteiger partial charge in [0.25, 0.3) is 0 Å². The van der Waals surface area contributed by atoms with Crippen molar-refractivity contribution in [3.8, 4) is 0 Å². The van der Waals surface area contributed by atoms with Crippen LogP contribution in [0.4, 0.5) is 0 Å². The SMILES string of the molecule is C[C@@H]1C[C@H](OC(=O)c2ccc(S(C)(=O)=O)cc2)C(=O)O1. The first-order valence-corrected chi connectivity index (χ1v) is 7.88. The minimum absolute atomic E-state index is 0.114. The molecule has 2 atom stereocenters. The molecule has 20 heavy (non-hydrogen) atoms. The van der Waals surface area contributed by atoms with Crippen LogP contribution in [0, 0.1) is 0 Å². The molecule has 0 bridgehead atoms. The molecular weight excluding hydrogens is 284 g/mol. The molecule has 108 valence electrons. The van der Waals surface area contributed by atoms with Gasteiger partial charge in [0.1, 0.15) is 6.10 Å². The van der Waals surface area contributed by atoms with Crippen molar-refractivity contribution in [2.75, 3.05) is 6.26 Å². The standard InChI is InChI=1S/C13H14O6S/c1-8-7-11(13(15)18-8)19-12(14)9-3-5-10(6-4-9)20(2,16)17/h3-6,8,11H,7H2,1-2H3/t8-,11+/m1/s1. The maximum absolute atomic E-state index is 11.8. The summed E-state index contributed by atoms with van der Waals surface area (Å²) in [4.78, 5) is 23.3. The van der Waals surface area contributed by atoms with Crippen LogP contribution in [0.15, 0.2) is 29.2 Å². The Morgan fingerprint density at radius 2 is 1.90 bits per heavy atom. The highest BCUT2D eigenvalue weighted by Gasteiger charge is 2.35. The van der Waals surface area contributed by atoms with Crippen LogP contribution in [0.5, 0.6) is 0 Å². The van der Waals surface area contributed by atoms with Crippen LogP contribution in [0.1, 0.15) is 23.7 Å². The number of ether oxygens (including phenoxy) is 2. The molecule has 1 aliphatic rings. The van der Waals surface area contributed by atoms with E-state index in [0.717, 1.165) is 6.26 Å². The molecule has 1 aliphatic heterocycles. The molecule has 1 aromatic carbocycles. The first-order valence-electron chi connectivity index (χ1n) is 5.99. The summed E-state index contributed by atoms with van der Waals surface area (Å²) >= 11 is 0. The predicted octanol–water partition coefficient (Wildman–Crippen LogP) is 0.951. The fraction of sp³-hybridized carbons (Fsp3) is 0.385. The van der Waals surface area contributed by atoms with E-state index in [0.29, 0.717) is 6.42 Å². The average Bonchev–Trinajstić information content (AvgIpc) is 2.67. The fourth-order valence-electron chi connectivity index (χ4n) is 1.85. The van der Waals surface area contributed by atoms with Gasteiger partial charge in [0.15, 0.2) is 9.84 Å². The third-order valence-corrected chi connectivity index (χ3v) is 4.02. The van der Waals surface area contributed by atoms with E-state index in [1.165, 1.54) is 24.3 Å². The van der Waals surface area contributed by atoms with Crippen LogP contribution in [0.2, 0.25) is 0 Å². The normalized spacial score (nSPS) is 22.4. The second kappa shape index (κ2) is 5.24. The van der Waals surface area contributed by atoms with Crippen molar-refractivity contribution in [2.45, 2.75) is 30.4 Å². The zero-order chi connectivity index (χ0) is 14.9. The largest absolute Gasteiger partial charge is 0.460 e. The lowest BCUT2D eigenvalue weighted by molar-refractivity contribution is -0.147. The zero-order valence-corrected chi connectivity index (χ0v) is 11.8. The fourth-order valence-corrected chi connectivity index (χ4v) is 2.48. The number of benzene rings is 1. The second-order valence-corrected chi connectivity index (χ2v) is 6.69. The van der Waals surface area contributed by atoms with Gasteiger partial charge < -0.3 is 9.47 Å². The minimum Gasteiger partial charge on any atom is -0.460 e. The van der Waals surface area contributed by atoms with Gasteiger partial charge >= 0.3 is 11.9 Å². The van der Waals surface area contributed by atoms with E-state index >= 15 is 0 Å². The monoisotopic (exact) mass is 298 g/mol. The summed E-state index contributed by atoms with van der Waals surface area (Å²) in [6.45, 7) is 1.71. The molecule has 0 radical (unpaired) electrons. The third-order valence-electron chi connectivity index (χ3n) is 2.89. The smallest absolute Gasteiger partial charge is 0.347 e. The molecule has 1 fully saturated rings. The Balaban J connectivity index is 2.08. The predicted molar refractivity (Wildman–Crippen MR) is 68.9 cm³/mol. The van der Waals surface area contributed by atoms with Gasteiger partial charge in [-0.3, -0.25) is 0 Å². The highest BCUT2D eigenvalue weighted by Crippen LogP contribution is 2.19. The molecule has 6 nitrogen and oxygen atoms in total. The molecule has 1 saturated heterocycles. The van der Waals surface area contributed by atoms with E-state index in [-0.39, 0.29) is 16.6 Å². The first kappa shape index (κ1) is 14.5. The molecule has 0 N–H and O–H groups in total. The van der Waals surface area contributed by atoms with Crippen molar-refractivity contribution in [3.63, 3.8) is 0 Å². The highest BCUT2D eigenvalue weighted by atomic mass is 32.2. The Hall–Kier alpha value is -1.89. The van der Waals surface area contributed by atoms with Gasteiger partial charge in [0.05, 0.1) is 10.5 Å². The molecule has 2 rings (SSSR count). The number of sulfone groups is 1. The molecule has 0 saturated carbocycles. The summed E-state index contributed by atoms with van der Waals surface area (Å²) in [5, 5.41) is 0. The van der Waals surface area contributed by atoms with Crippen molar-refractivity contribution < 1.29 is 27.5 Å². The van der Waals surface area contributed by atoms with Crippen molar-refractivity contribution >= 4 is 21.8 Å². The lowest BCUT2D eigenvalue weighted by atomic mass is 10.2. The molecular formula is C13H14O6S. The Bertz CT molecular complexity index is 631. The van der Waals surface area contributed by atoms with Gasteiger partial charge in [-0.2, -0.15) is 0 Å². The van der Waals surface area contributed by atoms with E-state index in [2.05, 4.69) is 0 Å². The van der Waals surface area contributed by atoms with Gasteiger partial charge in [-0.25, -0.2) is 18.0 Å². The van der Waals surface area contributed by atoms with E-state index in [1.807, 2.05) is 0 Å². The Kier molecular flexibility index (Phi) is 3.80. The lowest BCUT2D eigenvalue weighted by Gasteiger charge is -2.08. The van der Waals surface area contributed by atoms with Crippen LogP contribution in [0.25, 0.3) is 0 Å². The van der Waals surface area contributed by atoms with E-state index in [1.54, 1.807) is 6.92 Å². The van der Waals surface area contributed by atoms with E-state index in [9.17, 15) is 18.0 Å². The van der Waals surface area contributed by atoms with Crippen molar-refractivity contribution in [1.82, 2.24) is 0 Å². The van der Waals surface area contributed by atoms with Crippen LogP contribution in [-0.2, 0) is 24.1 Å². The summed E-state index contributed by atoms with van der Waals surface area (Å²) in [7, 11) is -3.31. The first-order chi connectivity index (χ1) is 9.27. The van der Waals surface area contributed by atoms with E-state index < -0.39 is 27.9 Å².